The molecule has 1 aromatic carbocycles. The lowest BCUT2D eigenvalue weighted by atomic mass is 10.1. The predicted molar refractivity (Wildman–Crippen MR) is 60.8 cm³/mol. The number of hydrogen-bond donors (Lipinski definition) is 1. The summed E-state index contributed by atoms with van der Waals surface area (Å²) >= 11 is 0. The van der Waals surface area contributed by atoms with Crippen molar-refractivity contribution >= 4 is 5.71 Å². The zero-order valence-electron chi connectivity index (χ0n) is 9.40. The molecule has 1 rings (SSSR count). The highest BCUT2D eigenvalue weighted by Gasteiger charge is 2.03. The zero-order valence-corrected chi connectivity index (χ0v) is 9.40. The second kappa shape index (κ2) is 5.39. The van der Waals surface area contributed by atoms with Gasteiger partial charge in [0.15, 0.2) is 0 Å². The van der Waals surface area contributed by atoms with Gasteiger partial charge in [-0.25, -0.2) is 0 Å². The summed E-state index contributed by atoms with van der Waals surface area (Å²) in [7, 11) is 0. The van der Waals surface area contributed by atoms with E-state index in [2.05, 4.69) is 12.1 Å². The first-order valence-electron chi connectivity index (χ1n) is 5.13. The highest BCUT2D eigenvalue weighted by molar-refractivity contribution is 5.98. The molecule has 15 heavy (non-hydrogen) atoms. The van der Waals surface area contributed by atoms with Gasteiger partial charge in [-0.05, 0) is 32.4 Å². The van der Waals surface area contributed by atoms with E-state index in [1.54, 1.807) is 6.92 Å². The van der Waals surface area contributed by atoms with Gasteiger partial charge in [-0.1, -0.05) is 24.2 Å². The molecule has 0 aliphatic heterocycles. The predicted octanol–water partition coefficient (Wildman–Crippen LogP) is 3.06. The minimum atomic E-state index is 0.201. The van der Waals surface area contributed by atoms with Gasteiger partial charge in [0.2, 0.25) is 0 Å². The van der Waals surface area contributed by atoms with E-state index >= 15 is 0 Å². The van der Waals surface area contributed by atoms with Gasteiger partial charge in [0.25, 0.3) is 0 Å². The second-order valence-electron chi connectivity index (χ2n) is 3.55. The smallest absolute Gasteiger partial charge is 0.120 e. The van der Waals surface area contributed by atoms with Crippen LogP contribution in [0.25, 0.3) is 0 Å². The van der Waals surface area contributed by atoms with Crippen LogP contribution < -0.4 is 4.74 Å². The van der Waals surface area contributed by atoms with Gasteiger partial charge in [0, 0.05) is 5.56 Å². The van der Waals surface area contributed by atoms with Gasteiger partial charge >= 0.3 is 0 Å². The number of benzene rings is 1. The first-order valence-corrected chi connectivity index (χ1v) is 5.13. The minimum absolute atomic E-state index is 0.201. The highest BCUT2D eigenvalue weighted by Crippen LogP contribution is 2.16. The van der Waals surface area contributed by atoms with Crippen LogP contribution in [0.5, 0.6) is 5.75 Å². The van der Waals surface area contributed by atoms with E-state index in [1.807, 2.05) is 31.2 Å². The fourth-order valence-electron chi connectivity index (χ4n) is 1.17. The summed E-state index contributed by atoms with van der Waals surface area (Å²) in [4.78, 5) is 0. The van der Waals surface area contributed by atoms with Crippen molar-refractivity contribution in [2.75, 3.05) is 0 Å². The average molecular weight is 207 g/mol. The van der Waals surface area contributed by atoms with E-state index in [9.17, 15) is 0 Å². The van der Waals surface area contributed by atoms with E-state index in [4.69, 9.17) is 9.94 Å². The maximum atomic E-state index is 8.65. The van der Waals surface area contributed by atoms with Crippen molar-refractivity contribution in [3.63, 3.8) is 0 Å². The van der Waals surface area contributed by atoms with E-state index in [0.29, 0.717) is 5.71 Å². The lowest BCUT2D eigenvalue weighted by Crippen LogP contribution is -2.10. The van der Waals surface area contributed by atoms with Crippen LogP contribution in [-0.4, -0.2) is 17.0 Å². The summed E-state index contributed by atoms with van der Waals surface area (Å²) in [5.41, 5.74) is 1.46. The summed E-state index contributed by atoms with van der Waals surface area (Å²) in [6, 6.07) is 7.56. The topological polar surface area (TPSA) is 41.8 Å². The summed E-state index contributed by atoms with van der Waals surface area (Å²) in [5.74, 6) is 0.810. The van der Waals surface area contributed by atoms with Crippen LogP contribution in [0.4, 0.5) is 0 Å². The van der Waals surface area contributed by atoms with E-state index < -0.39 is 0 Å². The Kier molecular flexibility index (Phi) is 4.16. The third-order valence-electron chi connectivity index (χ3n) is 2.31. The molecule has 0 heterocycles. The highest BCUT2D eigenvalue weighted by atomic mass is 16.5. The standard InChI is InChI=1S/C12H17NO2/c1-4-9(2)15-12-7-5-6-11(8-12)10(3)13-14/h5-9,14H,4H2,1-3H3/b13-10+. The van der Waals surface area contributed by atoms with E-state index in [1.165, 1.54) is 0 Å². The van der Waals surface area contributed by atoms with Gasteiger partial charge in [-0.3, -0.25) is 0 Å². The van der Waals surface area contributed by atoms with Crippen LogP contribution in [0.1, 0.15) is 32.8 Å². The molecule has 0 saturated carbocycles. The van der Waals surface area contributed by atoms with Crippen LogP contribution in [0, 0.1) is 0 Å². The molecule has 1 atom stereocenters. The van der Waals surface area contributed by atoms with Gasteiger partial charge in [-0.15, -0.1) is 0 Å². The molecule has 1 N–H and O–H groups in total. The number of hydrogen-bond acceptors (Lipinski definition) is 3. The van der Waals surface area contributed by atoms with Crippen molar-refractivity contribution in [1.82, 2.24) is 0 Å². The molecule has 3 nitrogen and oxygen atoms in total. The molecule has 0 spiro atoms. The third-order valence-corrected chi connectivity index (χ3v) is 2.31. The van der Waals surface area contributed by atoms with Crippen molar-refractivity contribution in [2.24, 2.45) is 5.16 Å². The fourth-order valence-corrected chi connectivity index (χ4v) is 1.17. The van der Waals surface area contributed by atoms with Crippen molar-refractivity contribution in [3.8, 4) is 5.75 Å². The molecular formula is C12H17NO2. The fraction of sp³-hybridized carbons (Fsp3) is 0.417. The normalized spacial score (nSPS) is 13.7. The van der Waals surface area contributed by atoms with Crippen molar-refractivity contribution < 1.29 is 9.94 Å². The summed E-state index contributed by atoms with van der Waals surface area (Å²) < 4.78 is 5.66. The minimum Gasteiger partial charge on any atom is -0.491 e. The Hall–Kier alpha value is -1.51. The van der Waals surface area contributed by atoms with Crippen LogP contribution in [0.3, 0.4) is 0 Å². The Morgan fingerprint density at radius 3 is 2.87 bits per heavy atom. The van der Waals surface area contributed by atoms with Gasteiger partial charge < -0.3 is 9.94 Å². The maximum Gasteiger partial charge on any atom is 0.120 e. The molecule has 0 aliphatic carbocycles. The molecule has 3 heteroatoms. The molecular weight excluding hydrogens is 190 g/mol. The number of ether oxygens (including phenoxy) is 1. The molecule has 0 aromatic heterocycles. The van der Waals surface area contributed by atoms with Crippen molar-refractivity contribution in [1.29, 1.82) is 0 Å². The van der Waals surface area contributed by atoms with Crippen LogP contribution >= 0.6 is 0 Å². The molecule has 0 radical (unpaired) electrons. The van der Waals surface area contributed by atoms with Crippen molar-refractivity contribution in [3.05, 3.63) is 29.8 Å². The largest absolute Gasteiger partial charge is 0.491 e. The molecule has 0 bridgehead atoms. The first kappa shape index (κ1) is 11.6. The number of nitrogens with zero attached hydrogens (tertiary/aromatic N) is 1. The second-order valence-corrected chi connectivity index (χ2v) is 3.55. The average Bonchev–Trinajstić information content (AvgIpc) is 2.28. The summed E-state index contributed by atoms with van der Waals surface area (Å²) in [5, 5.41) is 11.8. The SMILES string of the molecule is CCC(C)Oc1cccc(/C(C)=N/O)c1. The van der Waals surface area contributed by atoms with Crippen LogP contribution in [0.15, 0.2) is 29.4 Å². The molecule has 0 fully saturated rings. The lowest BCUT2D eigenvalue weighted by molar-refractivity contribution is 0.217. The van der Waals surface area contributed by atoms with Gasteiger partial charge in [-0.2, -0.15) is 0 Å². The number of oxime groups is 1. The monoisotopic (exact) mass is 207 g/mol. The lowest BCUT2D eigenvalue weighted by Gasteiger charge is -2.13. The van der Waals surface area contributed by atoms with Gasteiger partial charge in [0.05, 0.1) is 11.8 Å². The van der Waals surface area contributed by atoms with E-state index in [0.717, 1.165) is 17.7 Å². The van der Waals surface area contributed by atoms with Gasteiger partial charge in [0.1, 0.15) is 5.75 Å². The Morgan fingerprint density at radius 1 is 1.53 bits per heavy atom. The van der Waals surface area contributed by atoms with Crippen LogP contribution in [0.2, 0.25) is 0 Å². The van der Waals surface area contributed by atoms with Crippen LogP contribution in [-0.2, 0) is 0 Å². The Morgan fingerprint density at radius 2 is 2.27 bits per heavy atom. The Bertz CT molecular complexity index is 347. The Balaban J connectivity index is 2.83. The first-order chi connectivity index (χ1) is 7.17. The molecule has 0 aliphatic rings. The van der Waals surface area contributed by atoms with Crippen molar-refractivity contribution in [2.45, 2.75) is 33.3 Å². The quantitative estimate of drug-likeness (QED) is 0.468. The molecule has 1 unspecified atom stereocenters. The molecule has 0 amide bonds. The molecule has 1 aromatic rings. The third kappa shape index (κ3) is 3.27. The summed E-state index contributed by atoms with van der Waals surface area (Å²) in [6.07, 6.45) is 1.17. The summed E-state index contributed by atoms with van der Waals surface area (Å²) in [6.45, 7) is 5.86. The Labute approximate surface area is 90.4 Å². The zero-order chi connectivity index (χ0) is 11.3. The molecule has 0 saturated heterocycles. The number of rotatable bonds is 4. The van der Waals surface area contributed by atoms with E-state index in [-0.39, 0.29) is 6.10 Å². The molecule has 82 valence electrons. The maximum absolute atomic E-state index is 8.65.